The van der Waals surface area contributed by atoms with Crippen LogP contribution >= 0.6 is 0 Å². The van der Waals surface area contributed by atoms with Crippen LogP contribution in [-0.2, 0) is 6.18 Å². The van der Waals surface area contributed by atoms with Gasteiger partial charge in [0.1, 0.15) is 0 Å². The summed E-state index contributed by atoms with van der Waals surface area (Å²) >= 11 is 0. The lowest BCUT2D eigenvalue weighted by Gasteiger charge is -2.23. The second-order valence-electron chi connectivity index (χ2n) is 6.12. The van der Waals surface area contributed by atoms with Crippen LogP contribution in [0.15, 0.2) is 30.5 Å². The van der Waals surface area contributed by atoms with E-state index in [0.717, 1.165) is 31.5 Å². The summed E-state index contributed by atoms with van der Waals surface area (Å²) in [5.74, 6) is -0.260. The normalized spacial score (nSPS) is 18.2. The van der Waals surface area contributed by atoms with Gasteiger partial charge in [-0.3, -0.25) is 4.79 Å². The van der Waals surface area contributed by atoms with Gasteiger partial charge in [-0.1, -0.05) is 6.07 Å². The zero-order chi connectivity index (χ0) is 18.0. The Kier molecular flexibility index (Phi) is 4.80. The number of hydrogen-bond donors (Lipinski definition) is 2. The molecule has 134 valence electrons. The van der Waals surface area contributed by atoms with Crippen molar-refractivity contribution in [3.05, 3.63) is 47.3 Å². The fraction of sp³-hybridized carbons (Fsp3) is 0.412. The predicted molar refractivity (Wildman–Crippen MR) is 86.7 cm³/mol. The van der Waals surface area contributed by atoms with Crippen molar-refractivity contribution < 1.29 is 18.0 Å². The molecule has 1 atom stereocenters. The summed E-state index contributed by atoms with van der Waals surface area (Å²) in [6.45, 7) is 3.33. The van der Waals surface area contributed by atoms with Gasteiger partial charge in [-0.2, -0.15) is 18.3 Å². The number of rotatable bonds is 3. The van der Waals surface area contributed by atoms with Crippen LogP contribution in [0, 0.1) is 6.92 Å². The molecule has 2 heterocycles. The first-order chi connectivity index (χ1) is 11.9. The lowest BCUT2D eigenvalue weighted by atomic mass is 10.1. The number of hydrogen-bond acceptors (Lipinski definition) is 3. The Labute approximate surface area is 143 Å². The van der Waals surface area contributed by atoms with Crippen molar-refractivity contribution in [3.63, 3.8) is 0 Å². The molecule has 1 saturated heterocycles. The van der Waals surface area contributed by atoms with E-state index in [-0.39, 0.29) is 17.6 Å². The minimum absolute atomic E-state index is 0.0533. The molecule has 1 amide bonds. The molecule has 0 saturated carbocycles. The summed E-state index contributed by atoms with van der Waals surface area (Å²) in [5.41, 5.74) is 0.383. The summed E-state index contributed by atoms with van der Waals surface area (Å²) in [6.07, 6.45) is -1.14. The second-order valence-corrected chi connectivity index (χ2v) is 6.12. The van der Waals surface area contributed by atoms with Gasteiger partial charge in [0.25, 0.3) is 5.91 Å². The van der Waals surface area contributed by atoms with Crippen LogP contribution in [0.5, 0.6) is 0 Å². The maximum absolute atomic E-state index is 12.9. The number of benzene rings is 1. The Balaban J connectivity index is 1.82. The van der Waals surface area contributed by atoms with Crippen LogP contribution in [0.3, 0.4) is 0 Å². The Morgan fingerprint density at radius 2 is 2.20 bits per heavy atom. The first-order valence-corrected chi connectivity index (χ1v) is 8.10. The van der Waals surface area contributed by atoms with E-state index < -0.39 is 11.7 Å². The molecule has 3 rings (SSSR count). The molecule has 0 aliphatic carbocycles. The molecule has 1 fully saturated rings. The van der Waals surface area contributed by atoms with Gasteiger partial charge in [-0.05, 0) is 44.5 Å². The van der Waals surface area contributed by atoms with Gasteiger partial charge in [-0.15, -0.1) is 0 Å². The van der Waals surface area contributed by atoms with E-state index in [1.165, 1.54) is 23.0 Å². The van der Waals surface area contributed by atoms with Crippen LogP contribution in [0.2, 0.25) is 0 Å². The van der Waals surface area contributed by atoms with Crippen molar-refractivity contribution in [3.8, 4) is 5.69 Å². The van der Waals surface area contributed by atoms with Gasteiger partial charge in [0.15, 0.2) is 0 Å². The minimum atomic E-state index is -4.43. The third-order valence-corrected chi connectivity index (χ3v) is 4.30. The number of nitrogens with zero attached hydrogens (tertiary/aromatic N) is 2. The summed E-state index contributed by atoms with van der Waals surface area (Å²) in [7, 11) is 0. The van der Waals surface area contributed by atoms with Crippen molar-refractivity contribution in [2.75, 3.05) is 13.1 Å². The number of carbonyl (C=O) groups excluding carboxylic acids is 1. The van der Waals surface area contributed by atoms with Gasteiger partial charge in [0, 0.05) is 12.6 Å². The minimum Gasteiger partial charge on any atom is -0.348 e. The number of aromatic nitrogens is 2. The Hall–Kier alpha value is -2.35. The molecule has 8 heteroatoms. The average Bonchev–Trinajstić information content (AvgIpc) is 2.97. The molecule has 1 aliphatic heterocycles. The molecule has 2 N–H and O–H groups in total. The SMILES string of the molecule is Cc1c(C(=O)NC2CCCNC2)cnn1-c1cccc(C(F)(F)F)c1. The predicted octanol–water partition coefficient (Wildman–Crippen LogP) is 2.68. The van der Waals surface area contributed by atoms with E-state index in [0.29, 0.717) is 17.8 Å². The van der Waals surface area contributed by atoms with Crippen LogP contribution in [0.4, 0.5) is 13.2 Å². The highest BCUT2D eigenvalue weighted by molar-refractivity contribution is 5.95. The first-order valence-electron chi connectivity index (χ1n) is 8.10. The number of amides is 1. The molecular weight excluding hydrogens is 333 g/mol. The van der Waals surface area contributed by atoms with Crippen LogP contribution in [-0.4, -0.2) is 34.8 Å². The molecule has 1 aromatic heterocycles. The maximum atomic E-state index is 12.9. The van der Waals surface area contributed by atoms with Gasteiger partial charge >= 0.3 is 6.18 Å². The van der Waals surface area contributed by atoms with Crippen molar-refractivity contribution in [2.24, 2.45) is 0 Å². The molecule has 2 aromatic rings. The Morgan fingerprint density at radius 1 is 1.40 bits per heavy atom. The smallest absolute Gasteiger partial charge is 0.348 e. The average molecular weight is 352 g/mol. The highest BCUT2D eigenvalue weighted by Crippen LogP contribution is 2.30. The standard InChI is InChI=1S/C17H19F3N4O/c1-11-15(16(25)23-13-5-3-7-21-9-13)10-22-24(11)14-6-2-4-12(8-14)17(18,19)20/h2,4,6,8,10,13,21H,3,5,7,9H2,1H3,(H,23,25). The molecule has 0 bridgehead atoms. The molecule has 0 radical (unpaired) electrons. The molecule has 0 spiro atoms. The van der Waals surface area contributed by atoms with E-state index in [4.69, 9.17) is 0 Å². The van der Waals surface area contributed by atoms with E-state index in [1.54, 1.807) is 6.92 Å². The first kappa shape index (κ1) is 17.5. The lowest BCUT2D eigenvalue weighted by molar-refractivity contribution is -0.137. The number of nitrogens with one attached hydrogen (secondary N) is 2. The van der Waals surface area contributed by atoms with Gasteiger partial charge in [0.2, 0.25) is 0 Å². The second kappa shape index (κ2) is 6.87. The Morgan fingerprint density at radius 3 is 2.88 bits per heavy atom. The van der Waals surface area contributed by atoms with Crippen LogP contribution < -0.4 is 10.6 Å². The third-order valence-electron chi connectivity index (χ3n) is 4.30. The van der Waals surface area contributed by atoms with Crippen molar-refractivity contribution in [1.82, 2.24) is 20.4 Å². The third kappa shape index (κ3) is 3.84. The van der Waals surface area contributed by atoms with Crippen LogP contribution in [0.1, 0.15) is 34.5 Å². The summed E-state index contributed by atoms with van der Waals surface area (Å²) in [4.78, 5) is 12.4. The largest absolute Gasteiger partial charge is 0.416 e. The van der Waals surface area contributed by atoms with E-state index in [1.807, 2.05) is 0 Å². The molecule has 1 aliphatic rings. The lowest BCUT2D eigenvalue weighted by Crippen LogP contribution is -2.45. The fourth-order valence-corrected chi connectivity index (χ4v) is 2.94. The van der Waals surface area contributed by atoms with Gasteiger partial charge in [0.05, 0.1) is 28.7 Å². The highest BCUT2D eigenvalue weighted by Gasteiger charge is 2.30. The summed E-state index contributed by atoms with van der Waals surface area (Å²) in [6, 6.07) is 4.94. The van der Waals surface area contributed by atoms with Crippen molar-refractivity contribution in [1.29, 1.82) is 0 Å². The zero-order valence-electron chi connectivity index (χ0n) is 13.7. The molecular formula is C17H19F3N4O. The number of halogens is 3. The molecule has 5 nitrogen and oxygen atoms in total. The monoisotopic (exact) mass is 352 g/mol. The number of piperidine rings is 1. The molecule has 1 aromatic carbocycles. The van der Waals surface area contributed by atoms with Gasteiger partial charge < -0.3 is 10.6 Å². The zero-order valence-corrected chi connectivity index (χ0v) is 13.7. The number of alkyl halides is 3. The highest BCUT2D eigenvalue weighted by atomic mass is 19.4. The number of carbonyl (C=O) groups is 1. The van der Waals surface area contributed by atoms with E-state index >= 15 is 0 Å². The van der Waals surface area contributed by atoms with Crippen molar-refractivity contribution in [2.45, 2.75) is 32.0 Å². The van der Waals surface area contributed by atoms with E-state index in [9.17, 15) is 18.0 Å². The topological polar surface area (TPSA) is 59.0 Å². The maximum Gasteiger partial charge on any atom is 0.416 e. The Bertz CT molecular complexity index is 763. The van der Waals surface area contributed by atoms with Crippen LogP contribution in [0.25, 0.3) is 5.69 Å². The van der Waals surface area contributed by atoms with Gasteiger partial charge in [-0.25, -0.2) is 4.68 Å². The fourth-order valence-electron chi connectivity index (χ4n) is 2.94. The molecule has 25 heavy (non-hydrogen) atoms. The molecule has 1 unspecified atom stereocenters. The summed E-state index contributed by atoms with van der Waals surface area (Å²) in [5, 5.41) is 10.3. The van der Waals surface area contributed by atoms with Crippen molar-refractivity contribution >= 4 is 5.91 Å². The summed E-state index contributed by atoms with van der Waals surface area (Å²) < 4.78 is 40.0. The quantitative estimate of drug-likeness (QED) is 0.893. The van der Waals surface area contributed by atoms with E-state index in [2.05, 4.69) is 15.7 Å².